The van der Waals surface area contributed by atoms with E-state index in [1.165, 1.54) is 19.1 Å². The van der Waals surface area contributed by atoms with Crippen molar-refractivity contribution < 1.29 is 39.6 Å². The number of aliphatic hydroxyl groups excluding tert-OH is 2. The molecule has 12 heteroatoms. The molecule has 4 unspecified atom stereocenters. The highest BCUT2D eigenvalue weighted by atomic mass is 16.4. The smallest absolute Gasteiger partial charge is 0.328 e. The molecule has 0 aliphatic rings. The Kier molecular flexibility index (Phi) is 9.68. The summed E-state index contributed by atoms with van der Waals surface area (Å²) < 4.78 is 0. The number of hydrogen-bond donors (Lipinski definition) is 8. The third-order valence-corrected chi connectivity index (χ3v) is 4.03. The van der Waals surface area contributed by atoms with Crippen LogP contribution < -0.4 is 21.7 Å². The number of phenolic OH excluding ortho intramolecular Hbond substituents is 1. The number of hydrogen-bond acceptors (Lipinski definition) is 8. The van der Waals surface area contributed by atoms with Crippen molar-refractivity contribution in [3.63, 3.8) is 0 Å². The first-order valence-electron chi connectivity index (χ1n) is 8.97. The Labute approximate surface area is 172 Å². The molecule has 1 aromatic carbocycles. The first kappa shape index (κ1) is 24.8. The summed E-state index contributed by atoms with van der Waals surface area (Å²) in [6, 6.07) is 2.00. The highest BCUT2D eigenvalue weighted by Crippen LogP contribution is 2.10. The van der Waals surface area contributed by atoms with Crippen LogP contribution in [0.25, 0.3) is 0 Å². The summed E-state index contributed by atoms with van der Waals surface area (Å²) in [6.45, 7) is -0.219. The van der Waals surface area contributed by atoms with Crippen LogP contribution in [0.5, 0.6) is 5.75 Å². The van der Waals surface area contributed by atoms with E-state index in [-0.39, 0.29) is 12.2 Å². The average Bonchev–Trinajstić information content (AvgIpc) is 2.69. The lowest BCUT2D eigenvalue weighted by atomic mass is 10.1. The molecule has 12 nitrogen and oxygen atoms in total. The molecule has 4 atom stereocenters. The van der Waals surface area contributed by atoms with Crippen LogP contribution >= 0.6 is 0 Å². The van der Waals surface area contributed by atoms with Gasteiger partial charge in [0.25, 0.3) is 0 Å². The zero-order chi connectivity index (χ0) is 22.8. The van der Waals surface area contributed by atoms with Gasteiger partial charge in [-0.3, -0.25) is 14.4 Å². The molecular formula is C18H26N4O8. The standard InChI is InChI=1S/C18H26N4O8/c1-9(24)15(17(28)21-13(8-23)18(29)30)22-14(26)7-20-16(27)12(19)6-10-2-4-11(25)5-3-10/h2-5,9,12-13,15,23-25H,6-8,19H2,1H3,(H,20,27)(H,21,28)(H,22,26)(H,29,30). The fourth-order valence-corrected chi connectivity index (χ4v) is 2.35. The van der Waals surface area contributed by atoms with E-state index in [9.17, 15) is 29.4 Å². The largest absolute Gasteiger partial charge is 0.508 e. The maximum Gasteiger partial charge on any atom is 0.328 e. The predicted molar refractivity (Wildman–Crippen MR) is 103 cm³/mol. The average molecular weight is 426 g/mol. The first-order chi connectivity index (χ1) is 14.0. The summed E-state index contributed by atoms with van der Waals surface area (Å²) >= 11 is 0. The van der Waals surface area contributed by atoms with Gasteiger partial charge < -0.3 is 42.1 Å². The number of carbonyl (C=O) groups excluding carboxylic acids is 3. The normalized spacial score (nSPS) is 14.7. The number of nitrogens with one attached hydrogen (secondary N) is 3. The number of aliphatic hydroxyl groups is 2. The second-order valence-electron chi connectivity index (χ2n) is 6.56. The van der Waals surface area contributed by atoms with E-state index in [2.05, 4.69) is 10.6 Å². The second kappa shape index (κ2) is 11.7. The van der Waals surface area contributed by atoms with Crippen LogP contribution in [0.1, 0.15) is 12.5 Å². The van der Waals surface area contributed by atoms with Crippen LogP contribution in [0.15, 0.2) is 24.3 Å². The van der Waals surface area contributed by atoms with Gasteiger partial charge in [-0.2, -0.15) is 0 Å². The van der Waals surface area contributed by atoms with Crippen molar-refractivity contribution in [1.29, 1.82) is 0 Å². The SMILES string of the molecule is CC(O)C(NC(=O)CNC(=O)C(N)Cc1ccc(O)cc1)C(=O)NC(CO)C(=O)O. The van der Waals surface area contributed by atoms with Crippen molar-refractivity contribution >= 4 is 23.7 Å². The molecule has 0 aliphatic carbocycles. The maximum atomic E-state index is 12.1. The Morgan fingerprint density at radius 1 is 1.07 bits per heavy atom. The number of carboxylic acid groups (broad SMARTS) is 1. The fourth-order valence-electron chi connectivity index (χ4n) is 2.35. The summed E-state index contributed by atoms with van der Waals surface area (Å²) in [5.74, 6) is -3.90. The van der Waals surface area contributed by atoms with Crippen LogP contribution in [-0.4, -0.2) is 81.5 Å². The zero-order valence-electron chi connectivity index (χ0n) is 16.2. The highest BCUT2D eigenvalue weighted by molar-refractivity contribution is 5.92. The van der Waals surface area contributed by atoms with E-state index in [4.69, 9.17) is 15.9 Å². The maximum absolute atomic E-state index is 12.1. The summed E-state index contributed by atoms with van der Waals surface area (Å²) in [5, 5.41) is 43.2. The Morgan fingerprint density at radius 3 is 2.17 bits per heavy atom. The Hall–Kier alpha value is -3.22. The molecule has 1 rings (SSSR count). The van der Waals surface area contributed by atoms with Gasteiger partial charge in [-0.25, -0.2) is 4.79 Å². The van der Waals surface area contributed by atoms with Crippen molar-refractivity contribution in [2.24, 2.45) is 5.73 Å². The van der Waals surface area contributed by atoms with Crippen LogP contribution in [0.4, 0.5) is 0 Å². The lowest BCUT2D eigenvalue weighted by Crippen LogP contribution is -2.57. The van der Waals surface area contributed by atoms with Crippen molar-refractivity contribution in [3.05, 3.63) is 29.8 Å². The van der Waals surface area contributed by atoms with Crippen molar-refractivity contribution in [1.82, 2.24) is 16.0 Å². The number of aromatic hydroxyl groups is 1. The number of carbonyl (C=O) groups is 4. The van der Waals surface area contributed by atoms with Gasteiger partial charge in [-0.15, -0.1) is 0 Å². The number of amides is 3. The van der Waals surface area contributed by atoms with Gasteiger partial charge >= 0.3 is 5.97 Å². The van der Waals surface area contributed by atoms with Crippen LogP contribution in [0.2, 0.25) is 0 Å². The van der Waals surface area contributed by atoms with Gasteiger partial charge in [0.1, 0.15) is 17.8 Å². The molecule has 0 saturated heterocycles. The number of phenols is 1. The molecule has 0 aromatic heterocycles. The molecule has 1 aromatic rings. The second-order valence-corrected chi connectivity index (χ2v) is 6.56. The summed E-state index contributed by atoms with van der Waals surface area (Å²) in [4.78, 5) is 47.0. The quantitative estimate of drug-likeness (QED) is 0.179. The number of benzene rings is 1. The molecule has 0 fully saturated rings. The van der Waals surface area contributed by atoms with Crippen LogP contribution in [0.3, 0.4) is 0 Å². The Morgan fingerprint density at radius 2 is 1.67 bits per heavy atom. The Balaban J connectivity index is 2.56. The fraction of sp³-hybridized carbons (Fsp3) is 0.444. The molecule has 0 radical (unpaired) electrons. The summed E-state index contributed by atoms with van der Waals surface area (Å²) in [7, 11) is 0. The number of rotatable bonds is 11. The predicted octanol–water partition coefficient (Wildman–Crippen LogP) is -3.19. The molecule has 0 spiro atoms. The number of nitrogens with two attached hydrogens (primary N) is 1. The van der Waals surface area contributed by atoms with E-state index in [0.29, 0.717) is 5.56 Å². The monoisotopic (exact) mass is 426 g/mol. The van der Waals surface area contributed by atoms with E-state index in [0.717, 1.165) is 0 Å². The van der Waals surface area contributed by atoms with E-state index < -0.39 is 61.1 Å². The van der Waals surface area contributed by atoms with Crippen molar-refractivity contribution in [3.8, 4) is 5.75 Å². The molecule has 30 heavy (non-hydrogen) atoms. The first-order valence-corrected chi connectivity index (χ1v) is 8.97. The minimum Gasteiger partial charge on any atom is -0.508 e. The third-order valence-electron chi connectivity index (χ3n) is 4.03. The third kappa shape index (κ3) is 8.03. The number of aliphatic carboxylic acids is 1. The van der Waals surface area contributed by atoms with Gasteiger partial charge in [-0.05, 0) is 31.0 Å². The zero-order valence-corrected chi connectivity index (χ0v) is 16.2. The molecular weight excluding hydrogens is 400 g/mol. The molecule has 3 amide bonds. The van der Waals surface area contributed by atoms with Gasteiger partial charge in [0, 0.05) is 0 Å². The van der Waals surface area contributed by atoms with Crippen LogP contribution in [0, 0.1) is 0 Å². The molecule has 0 saturated carbocycles. The van der Waals surface area contributed by atoms with E-state index >= 15 is 0 Å². The lowest BCUT2D eigenvalue weighted by molar-refractivity contribution is -0.144. The van der Waals surface area contributed by atoms with Crippen molar-refractivity contribution in [2.75, 3.05) is 13.2 Å². The summed E-state index contributed by atoms with van der Waals surface area (Å²) in [5.41, 5.74) is 6.48. The van der Waals surface area contributed by atoms with Gasteiger partial charge in [0.05, 0.1) is 25.3 Å². The van der Waals surface area contributed by atoms with Gasteiger partial charge in [0.2, 0.25) is 17.7 Å². The van der Waals surface area contributed by atoms with Gasteiger partial charge in [-0.1, -0.05) is 12.1 Å². The molecule has 166 valence electrons. The minimum atomic E-state index is -1.60. The Bertz CT molecular complexity index is 753. The van der Waals surface area contributed by atoms with Crippen LogP contribution in [-0.2, 0) is 25.6 Å². The number of carboxylic acids is 1. The molecule has 0 heterocycles. The lowest BCUT2D eigenvalue weighted by Gasteiger charge is -2.23. The minimum absolute atomic E-state index is 0.0683. The van der Waals surface area contributed by atoms with E-state index in [1.807, 2.05) is 5.32 Å². The van der Waals surface area contributed by atoms with E-state index in [1.54, 1.807) is 12.1 Å². The van der Waals surface area contributed by atoms with Crippen molar-refractivity contribution in [2.45, 2.75) is 37.6 Å². The highest BCUT2D eigenvalue weighted by Gasteiger charge is 2.29. The summed E-state index contributed by atoms with van der Waals surface area (Å²) in [6.07, 6.45) is -1.22. The molecule has 0 bridgehead atoms. The molecule has 9 N–H and O–H groups in total. The van der Waals surface area contributed by atoms with Gasteiger partial charge in [0.15, 0.2) is 0 Å². The topological polar surface area (TPSA) is 211 Å². The molecule has 0 aliphatic heterocycles.